The van der Waals surface area contributed by atoms with Crippen LogP contribution in [0.4, 0.5) is 0 Å². The highest BCUT2D eigenvalue weighted by molar-refractivity contribution is 5.40. The molecule has 0 amide bonds. The number of nitrogens with zero attached hydrogens (tertiary/aromatic N) is 1. The van der Waals surface area contributed by atoms with Gasteiger partial charge in [0.15, 0.2) is 11.5 Å². The highest BCUT2D eigenvalue weighted by Crippen LogP contribution is 2.27. The van der Waals surface area contributed by atoms with Crippen LogP contribution < -0.4 is 0 Å². The van der Waals surface area contributed by atoms with Crippen molar-refractivity contribution in [1.82, 2.24) is 4.90 Å². The molecule has 0 bridgehead atoms. The van der Waals surface area contributed by atoms with Crippen LogP contribution in [0.3, 0.4) is 0 Å². The maximum Gasteiger partial charge on any atom is 0.157 e. The predicted molar refractivity (Wildman–Crippen MR) is 59.1 cm³/mol. The number of benzene rings is 1. The third-order valence-electron chi connectivity index (χ3n) is 3.18. The van der Waals surface area contributed by atoms with Crippen LogP contribution in [0.5, 0.6) is 11.5 Å². The SMILES string of the molecule is CN1CCCC1Cc1ccc(O)c(O)c1. The minimum Gasteiger partial charge on any atom is -0.504 e. The summed E-state index contributed by atoms with van der Waals surface area (Å²) in [6, 6.07) is 5.66. The van der Waals surface area contributed by atoms with Gasteiger partial charge in [-0.05, 0) is 50.6 Å². The van der Waals surface area contributed by atoms with Crippen LogP contribution in [0.15, 0.2) is 18.2 Å². The van der Waals surface area contributed by atoms with Gasteiger partial charge in [-0.15, -0.1) is 0 Å². The zero-order valence-corrected chi connectivity index (χ0v) is 8.98. The molecule has 1 saturated heterocycles. The second-order valence-electron chi connectivity index (χ2n) is 4.30. The minimum absolute atomic E-state index is 0.0202. The van der Waals surface area contributed by atoms with Crippen LogP contribution >= 0.6 is 0 Å². The summed E-state index contributed by atoms with van der Waals surface area (Å²) in [5.74, 6) is -0.0633. The first-order valence-corrected chi connectivity index (χ1v) is 5.38. The van der Waals surface area contributed by atoms with E-state index < -0.39 is 0 Å². The van der Waals surface area contributed by atoms with E-state index in [9.17, 15) is 10.2 Å². The quantitative estimate of drug-likeness (QED) is 0.726. The molecule has 1 aromatic rings. The van der Waals surface area contributed by atoms with E-state index in [1.54, 1.807) is 12.1 Å². The van der Waals surface area contributed by atoms with Crippen LogP contribution in [0, 0.1) is 0 Å². The highest BCUT2D eigenvalue weighted by Gasteiger charge is 2.21. The van der Waals surface area contributed by atoms with Crippen molar-refractivity contribution in [3.05, 3.63) is 23.8 Å². The summed E-state index contributed by atoms with van der Waals surface area (Å²) in [5.41, 5.74) is 1.09. The van der Waals surface area contributed by atoms with E-state index in [0.29, 0.717) is 6.04 Å². The van der Waals surface area contributed by atoms with Crippen LogP contribution in [-0.2, 0) is 6.42 Å². The molecule has 1 atom stereocenters. The predicted octanol–water partition coefficient (Wildman–Crippen LogP) is 1.73. The molecule has 1 fully saturated rings. The van der Waals surface area contributed by atoms with Crippen molar-refractivity contribution in [2.45, 2.75) is 25.3 Å². The lowest BCUT2D eigenvalue weighted by atomic mass is 10.0. The van der Waals surface area contributed by atoms with E-state index in [4.69, 9.17) is 0 Å². The first-order chi connectivity index (χ1) is 7.16. The van der Waals surface area contributed by atoms with Crippen LogP contribution in [0.2, 0.25) is 0 Å². The molecule has 0 spiro atoms. The van der Waals surface area contributed by atoms with Crippen molar-refractivity contribution in [2.75, 3.05) is 13.6 Å². The van der Waals surface area contributed by atoms with E-state index in [1.807, 2.05) is 6.07 Å². The Morgan fingerprint density at radius 3 is 2.73 bits per heavy atom. The lowest BCUT2D eigenvalue weighted by Gasteiger charge is -2.19. The number of likely N-dealkylation sites (N-methyl/N-ethyl adjacent to an activating group) is 1. The Morgan fingerprint density at radius 2 is 2.13 bits per heavy atom. The minimum atomic E-state index is -0.0430. The Labute approximate surface area is 90.0 Å². The second-order valence-corrected chi connectivity index (χ2v) is 4.30. The van der Waals surface area contributed by atoms with Gasteiger partial charge in [0.25, 0.3) is 0 Å². The van der Waals surface area contributed by atoms with Gasteiger partial charge in [-0.1, -0.05) is 6.07 Å². The Kier molecular flexibility index (Phi) is 2.82. The fourth-order valence-electron chi connectivity index (χ4n) is 2.21. The lowest BCUT2D eigenvalue weighted by molar-refractivity contribution is 0.309. The van der Waals surface area contributed by atoms with Gasteiger partial charge in [0.05, 0.1) is 0 Å². The molecule has 2 rings (SSSR count). The van der Waals surface area contributed by atoms with Gasteiger partial charge in [-0.25, -0.2) is 0 Å². The van der Waals surface area contributed by atoms with Crippen molar-refractivity contribution < 1.29 is 10.2 Å². The van der Waals surface area contributed by atoms with Crippen molar-refractivity contribution in [3.63, 3.8) is 0 Å². The molecule has 1 heterocycles. The summed E-state index contributed by atoms with van der Waals surface area (Å²) in [7, 11) is 2.14. The summed E-state index contributed by atoms with van der Waals surface area (Å²) >= 11 is 0. The van der Waals surface area contributed by atoms with Crippen molar-refractivity contribution in [3.8, 4) is 11.5 Å². The zero-order valence-electron chi connectivity index (χ0n) is 8.98. The van der Waals surface area contributed by atoms with Gasteiger partial charge in [0.2, 0.25) is 0 Å². The van der Waals surface area contributed by atoms with Gasteiger partial charge >= 0.3 is 0 Å². The second kappa shape index (κ2) is 4.11. The number of phenols is 2. The van der Waals surface area contributed by atoms with E-state index in [0.717, 1.165) is 18.5 Å². The number of rotatable bonds is 2. The molecule has 0 aliphatic carbocycles. The molecule has 1 unspecified atom stereocenters. The van der Waals surface area contributed by atoms with E-state index in [1.165, 1.54) is 12.8 Å². The topological polar surface area (TPSA) is 43.7 Å². The average molecular weight is 207 g/mol. The molecule has 1 aliphatic rings. The summed E-state index contributed by atoms with van der Waals surface area (Å²) in [6.07, 6.45) is 3.42. The molecule has 15 heavy (non-hydrogen) atoms. The van der Waals surface area contributed by atoms with Gasteiger partial charge < -0.3 is 15.1 Å². The lowest BCUT2D eigenvalue weighted by Crippen LogP contribution is -2.26. The third kappa shape index (κ3) is 2.23. The highest BCUT2D eigenvalue weighted by atomic mass is 16.3. The van der Waals surface area contributed by atoms with Gasteiger partial charge in [-0.3, -0.25) is 0 Å². The number of likely N-dealkylation sites (tertiary alicyclic amines) is 1. The molecule has 0 aromatic heterocycles. The molecule has 0 radical (unpaired) electrons. The third-order valence-corrected chi connectivity index (χ3v) is 3.18. The number of phenolic OH excluding ortho intramolecular Hbond substituents is 2. The molecular weight excluding hydrogens is 190 g/mol. The Bertz CT molecular complexity index is 351. The standard InChI is InChI=1S/C12H17NO2/c1-13-6-2-3-10(13)7-9-4-5-11(14)12(15)8-9/h4-5,8,10,14-15H,2-3,6-7H2,1H3. The monoisotopic (exact) mass is 207 g/mol. The maximum atomic E-state index is 9.38. The molecule has 2 N–H and O–H groups in total. The average Bonchev–Trinajstić information content (AvgIpc) is 2.59. The van der Waals surface area contributed by atoms with Crippen LogP contribution in [-0.4, -0.2) is 34.7 Å². The van der Waals surface area contributed by atoms with E-state index in [-0.39, 0.29) is 11.5 Å². The van der Waals surface area contributed by atoms with Crippen molar-refractivity contribution >= 4 is 0 Å². The molecule has 3 nitrogen and oxygen atoms in total. The smallest absolute Gasteiger partial charge is 0.157 e. The molecule has 82 valence electrons. The summed E-state index contributed by atoms with van der Waals surface area (Å²) in [6.45, 7) is 1.16. The first-order valence-electron chi connectivity index (χ1n) is 5.38. The van der Waals surface area contributed by atoms with Crippen LogP contribution in [0.1, 0.15) is 18.4 Å². The first kappa shape index (κ1) is 10.3. The molecule has 3 heteroatoms. The van der Waals surface area contributed by atoms with Gasteiger partial charge in [0.1, 0.15) is 0 Å². The fraction of sp³-hybridized carbons (Fsp3) is 0.500. The fourth-order valence-corrected chi connectivity index (χ4v) is 2.21. The largest absolute Gasteiger partial charge is 0.504 e. The summed E-state index contributed by atoms with van der Waals surface area (Å²) < 4.78 is 0. The Balaban J connectivity index is 2.07. The normalized spacial score (nSPS) is 22.1. The zero-order chi connectivity index (χ0) is 10.8. The van der Waals surface area contributed by atoms with E-state index in [2.05, 4.69) is 11.9 Å². The Morgan fingerprint density at radius 1 is 1.33 bits per heavy atom. The molecular formula is C12H17NO2. The molecule has 1 aromatic carbocycles. The Hall–Kier alpha value is -1.22. The summed E-state index contributed by atoms with van der Waals surface area (Å²) in [5, 5.41) is 18.6. The number of hydrogen-bond acceptors (Lipinski definition) is 3. The number of aromatic hydroxyl groups is 2. The number of hydrogen-bond donors (Lipinski definition) is 2. The van der Waals surface area contributed by atoms with Gasteiger partial charge in [-0.2, -0.15) is 0 Å². The summed E-state index contributed by atoms with van der Waals surface area (Å²) in [4.78, 5) is 2.35. The molecule has 1 aliphatic heterocycles. The van der Waals surface area contributed by atoms with E-state index >= 15 is 0 Å². The maximum absolute atomic E-state index is 9.38. The molecule has 0 saturated carbocycles. The van der Waals surface area contributed by atoms with Gasteiger partial charge in [0, 0.05) is 6.04 Å². The van der Waals surface area contributed by atoms with Crippen molar-refractivity contribution in [2.24, 2.45) is 0 Å². The van der Waals surface area contributed by atoms with Crippen molar-refractivity contribution in [1.29, 1.82) is 0 Å². The van der Waals surface area contributed by atoms with Crippen LogP contribution in [0.25, 0.3) is 0 Å².